The number of piperidine rings is 1. The first-order valence-corrected chi connectivity index (χ1v) is 12.2. The van der Waals surface area contributed by atoms with Crippen molar-refractivity contribution in [2.75, 3.05) is 24.5 Å². The second kappa shape index (κ2) is 7.76. The number of carbonyl (C=O) groups excluding carboxylic acids is 2. The third kappa shape index (κ3) is 3.90. The van der Waals surface area contributed by atoms with Crippen molar-refractivity contribution in [3.05, 3.63) is 64.7 Å². The molecular formula is C27H31ClN2O3. The quantitative estimate of drug-likeness (QED) is 0.571. The van der Waals surface area contributed by atoms with Crippen LogP contribution in [0.15, 0.2) is 48.5 Å². The molecule has 2 aromatic rings. The molecule has 2 amide bonds. The van der Waals surface area contributed by atoms with Gasteiger partial charge in [-0.05, 0) is 75.8 Å². The van der Waals surface area contributed by atoms with Gasteiger partial charge in [-0.2, -0.15) is 0 Å². The van der Waals surface area contributed by atoms with E-state index >= 15 is 0 Å². The molecule has 1 aliphatic carbocycles. The SMILES string of the molecule is CC(C)(C)OC(=O)N1CC2(CCN(C(=O)C3(c4ccc(Cl)cc4)CC3)CC2)c2ccccc21. The molecule has 0 aromatic heterocycles. The van der Waals surface area contributed by atoms with Crippen LogP contribution in [-0.2, 0) is 20.4 Å². The summed E-state index contributed by atoms with van der Waals surface area (Å²) in [6.45, 7) is 7.67. The summed E-state index contributed by atoms with van der Waals surface area (Å²) in [7, 11) is 0. The van der Waals surface area contributed by atoms with Crippen LogP contribution in [0.3, 0.4) is 0 Å². The van der Waals surface area contributed by atoms with E-state index in [9.17, 15) is 9.59 Å². The van der Waals surface area contributed by atoms with Crippen LogP contribution in [0.5, 0.6) is 0 Å². The molecule has 0 N–H and O–H groups in total. The largest absolute Gasteiger partial charge is 0.443 e. The normalized spacial score (nSPS) is 20.5. The van der Waals surface area contributed by atoms with Gasteiger partial charge in [-0.15, -0.1) is 0 Å². The predicted molar refractivity (Wildman–Crippen MR) is 130 cm³/mol. The third-order valence-corrected chi connectivity index (χ3v) is 7.66. The summed E-state index contributed by atoms with van der Waals surface area (Å²) in [5.74, 6) is 0.231. The van der Waals surface area contributed by atoms with Crippen LogP contribution in [-0.4, -0.2) is 42.1 Å². The Hall–Kier alpha value is -2.53. The number of halogens is 1. The average Bonchev–Trinajstić information content (AvgIpc) is 3.53. The summed E-state index contributed by atoms with van der Waals surface area (Å²) < 4.78 is 5.70. The zero-order valence-electron chi connectivity index (χ0n) is 19.6. The molecule has 3 aliphatic rings. The lowest BCUT2D eigenvalue weighted by Gasteiger charge is -2.41. The molecule has 2 fully saturated rings. The molecule has 0 bridgehead atoms. The Balaban J connectivity index is 1.33. The summed E-state index contributed by atoms with van der Waals surface area (Å²) in [5, 5.41) is 0.691. The number of benzene rings is 2. The summed E-state index contributed by atoms with van der Waals surface area (Å²) >= 11 is 6.06. The van der Waals surface area contributed by atoms with Crippen molar-refractivity contribution in [1.29, 1.82) is 0 Å². The Morgan fingerprint density at radius 1 is 0.939 bits per heavy atom. The number of ether oxygens (including phenoxy) is 1. The minimum Gasteiger partial charge on any atom is -0.443 e. The fraction of sp³-hybridized carbons (Fsp3) is 0.481. The maximum Gasteiger partial charge on any atom is 0.414 e. The smallest absolute Gasteiger partial charge is 0.414 e. The third-order valence-electron chi connectivity index (χ3n) is 7.40. The van der Waals surface area contributed by atoms with E-state index in [1.165, 1.54) is 5.56 Å². The van der Waals surface area contributed by atoms with E-state index in [4.69, 9.17) is 16.3 Å². The second-order valence-corrected chi connectivity index (χ2v) is 11.2. The Morgan fingerprint density at radius 2 is 1.58 bits per heavy atom. The van der Waals surface area contributed by atoms with Crippen molar-refractivity contribution < 1.29 is 14.3 Å². The molecule has 2 aliphatic heterocycles. The van der Waals surface area contributed by atoms with Gasteiger partial charge in [-0.1, -0.05) is 41.9 Å². The van der Waals surface area contributed by atoms with Gasteiger partial charge in [0.2, 0.25) is 5.91 Å². The fourth-order valence-electron chi connectivity index (χ4n) is 5.50. The van der Waals surface area contributed by atoms with E-state index in [0.717, 1.165) is 36.9 Å². The number of carbonyl (C=O) groups is 2. The molecule has 0 atom stereocenters. The molecule has 6 heteroatoms. The monoisotopic (exact) mass is 466 g/mol. The van der Waals surface area contributed by atoms with Crippen LogP contribution in [0.1, 0.15) is 57.6 Å². The Morgan fingerprint density at radius 3 is 2.18 bits per heavy atom. The maximum absolute atomic E-state index is 13.6. The van der Waals surface area contributed by atoms with Crippen molar-refractivity contribution in [3.63, 3.8) is 0 Å². The molecule has 174 valence electrons. The van der Waals surface area contributed by atoms with Crippen LogP contribution >= 0.6 is 11.6 Å². The van der Waals surface area contributed by atoms with Gasteiger partial charge in [-0.25, -0.2) is 4.79 Å². The lowest BCUT2D eigenvalue weighted by Crippen LogP contribution is -2.50. The Labute approximate surface area is 200 Å². The highest BCUT2D eigenvalue weighted by Gasteiger charge is 2.55. The van der Waals surface area contributed by atoms with Gasteiger partial charge >= 0.3 is 6.09 Å². The van der Waals surface area contributed by atoms with E-state index < -0.39 is 5.60 Å². The molecule has 2 heterocycles. The molecule has 0 radical (unpaired) electrons. The number of fused-ring (bicyclic) bond motifs is 2. The van der Waals surface area contributed by atoms with Crippen molar-refractivity contribution in [1.82, 2.24) is 4.90 Å². The minimum absolute atomic E-state index is 0.138. The van der Waals surface area contributed by atoms with Crippen LogP contribution in [0.2, 0.25) is 5.02 Å². The number of likely N-dealkylation sites (tertiary alicyclic amines) is 1. The van der Waals surface area contributed by atoms with Gasteiger partial charge in [0.15, 0.2) is 0 Å². The topological polar surface area (TPSA) is 49.9 Å². The van der Waals surface area contributed by atoms with E-state index in [1.807, 2.05) is 68.1 Å². The average molecular weight is 467 g/mol. The number of hydrogen-bond donors (Lipinski definition) is 0. The van der Waals surface area contributed by atoms with Crippen molar-refractivity contribution >= 4 is 29.3 Å². The number of nitrogens with zero attached hydrogens (tertiary/aromatic N) is 2. The van der Waals surface area contributed by atoms with Gasteiger partial charge in [0.25, 0.3) is 0 Å². The lowest BCUT2D eigenvalue weighted by molar-refractivity contribution is -0.135. The van der Waals surface area contributed by atoms with Crippen molar-refractivity contribution in [2.24, 2.45) is 0 Å². The molecule has 1 saturated heterocycles. The maximum atomic E-state index is 13.6. The van der Waals surface area contributed by atoms with Gasteiger partial charge < -0.3 is 9.64 Å². The number of hydrogen-bond acceptors (Lipinski definition) is 3. The number of amides is 2. The molecule has 33 heavy (non-hydrogen) atoms. The van der Waals surface area contributed by atoms with Crippen LogP contribution in [0.4, 0.5) is 10.5 Å². The van der Waals surface area contributed by atoms with E-state index in [1.54, 1.807) is 4.90 Å². The van der Waals surface area contributed by atoms with Gasteiger partial charge in [-0.3, -0.25) is 9.69 Å². The zero-order chi connectivity index (χ0) is 23.4. The minimum atomic E-state index is -0.544. The first kappa shape index (κ1) is 22.3. The zero-order valence-corrected chi connectivity index (χ0v) is 20.3. The molecule has 2 aromatic carbocycles. The van der Waals surface area contributed by atoms with E-state index in [0.29, 0.717) is 24.7 Å². The highest BCUT2D eigenvalue weighted by Crippen LogP contribution is 2.52. The Kier molecular flexibility index (Phi) is 5.24. The Bertz CT molecular complexity index is 1080. The molecular weight excluding hydrogens is 436 g/mol. The molecule has 0 unspecified atom stereocenters. The van der Waals surface area contributed by atoms with Crippen LogP contribution in [0.25, 0.3) is 0 Å². The van der Waals surface area contributed by atoms with Crippen molar-refractivity contribution in [2.45, 2.75) is 62.9 Å². The lowest BCUT2D eigenvalue weighted by atomic mass is 9.74. The first-order valence-electron chi connectivity index (χ1n) is 11.8. The second-order valence-electron chi connectivity index (χ2n) is 10.7. The molecule has 5 rings (SSSR count). The summed E-state index contributed by atoms with van der Waals surface area (Å²) in [6.07, 6.45) is 3.16. The fourth-order valence-corrected chi connectivity index (χ4v) is 5.62. The van der Waals surface area contributed by atoms with Crippen LogP contribution in [0, 0.1) is 0 Å². The highest BCUT2D eigenvalue weighted by molar-refractivity contribution is 6.30. The predicted octanol–water partition coefficient (Wildman–Crippen LogP) is 5.69. The molecule has 5 nitrogen and oxygen atoms in total. The number of rotatable bonds is 2. The van der Waals surface area contributed by atoms with Crippen LogP contribution < -0.4 is 4.90 Å². The molecule has 1 saturated carbocycles. The summed E-state index contributed by atoms with van der Waals surface area (Å²) in [5.41, 5.74) is 2.14. The number of para-hydroxylation sites is 1. The van der Waals surface area contributed by atoms with Gasteiger partial charge in [0.1, 0.15) is 5.60 Å². The molecule has 1 spiro atoms. The van der Waals surface area contributed by atoms with Gasteiger partial charge in [0.05, 0.1) is 11.1 Å². The highest BCUT2D eigenvalue weighted by atomic mass is 35.5. The van der Waals surface area contributed by atoms with Gasteiger partial charge in [0, 0.05) is 30.1 Å². The standard InChI is InChI=1S/C27H31ClN2O3/c1-25(2,3)33-24(32)30-18-26(21-6-4-5-7-22(21)30)14-16-29(17-15-26)23(31)27(12-13-27)19-8-10-20(28)11-9-19/h4-11H,12-18H2,1-3H3. The van der Waals surface area contributed by atoms with E-state index in [-0.39, 0.29) is 22.8 Å². The number of anilines is 1. The summed E-state index contributed by atoms with van der Waals surface area (Å²) in [4.78, 5) is 30.3. The summed E-state index contributed by atoms with van der Waals surface area (Å²) in [6, 6.07) is 15.9. The van der Waals surface area contributed by atoms with Crippen molar-refractivity contribution in [3.8, 4) is 0 Å². The van der Waals surface area contributed by atoms with E-state index in [2.05, 4.69) is 6.07 Å². The first-order chi connectivity index (χ1) is 15.6.